The molecule has 0 unspecified atom stereocenters. The molecule has 0 radical (unpaired) electrons. The van der Waals surface area contributed by atoms with E-state index in [2.05, 4.69) is 0 Å². The maximum atomic E-state index is 13.3. The predicted octanol–water partition coefficient (Wildman–Crippen LogP) is 0.680. The van der Waals surface area contributed by atoms with Crippen molar-refractivity contribution in [1.82, 2.24) is 9.80 Å². The van der Waals surface area contributed by atoms with Crippen molar-refractivity contribution in [3.63, 3.8) is 0 Å². The molecule has 0 aromatic heterocycles. The minimum atomic E-state index is -1.41. The number of ketones is 1. The second-order valence-electron chi connectivity index (χ2n) is 6.49. The van der Waals surface area contributed by atoms with Crippen molar-refractivity contribution in [2.75, 3.05) is 52.6 Å². The third-order valence-corrected chi connectivity index (χ3v) is 4.93. The number of carbonyl (C=O) groups excluding carboxylic acids is 2. The van der Waals surface area contributed by atoms with Gasteiger partial charge in [-0.1, -0.05) is 30.3 Å². The van der Waals surface area contributed by atoms with Crippen LogP contribution in [0.2, 0.25) is 0 Å². The number of nitrogens with zero attached hydrogens (tertiary/aromatic N) is 2. The van der Waals surface area contributed by atoms with Crippen LogP contribution in [0.3, 0.4) is 0 Å². The highest BCUT2D eigenvalue weighted by molar-refractivity contribution is 6.07. The number of esters is 1. The third-order valence-electron chi connectivity index (χ3n) is 4.93. The highest BCUT2D eigenvalue weighted by atomic mass is 16.5. The summed E-state index contributed by atoms with van der Waals surface area (Å²) in [7, 11) is 0. The van der Waals surface area contributed by atoms with Crippen molar-refractivity contribution in [3.8, 4) is 0 Å². The van der Waals surface area contributed by atoms with Gasteiger partial charge in [-0.15, -0.1) is 0 Å². The molecular formula is C19H26N2O5. The van der Waals surface area contributed by atoms with Crippen LogP contribution in [-0.2, 0) is 30.4 Å². The first-order valence-electron chi connectivity index (χ1n) is 9.03. The first-order valence-corrected chi connectivity index (χ1v) is 9.03. The topological polar surface area (TPSA) is 68.3 Å². The number of morpholine rings is 2. The van der Waals surface area contributed by atoms with Gasteiger partial charge in [-0.05, 0) is 12.5 Å². The zero-order valence-corrected chi connectivity index (χ0v) is 15.2. The summed E-state index contributed by atoms with van der Waals surface area (Å²) in [6.45, 7) is 5.62. The number of rotatable bonds is 6. The van der Waals surface area contributed by atoms with Gasteiger partial charge in [0.15, 0.2) is 5.78 Å². The van der Waals surface area contributed by atoms with E-state index in [1.54, 1.807) is 0 Å². The molecule has 2 saturated heterocycles. The third kappa shape index (κ3) is 3.81. The molecule has 2 aliphatic rings. The van der Waals surface area contributed by atoms with Gasteiger partial charge in [-0.3, -0.25) is 14.6 Å². The van der Waals surface area contributed by atoms with Gasteiger partial charge in [0, 0.05) is 26.2 Å². The van der Waals surface area contributed by atoms with E-state index >= 15 is 0 Å². The Bertz CT molecular complexity index is 592. The number of hydrogen-bond acceptors (Lipinski definition) is 7. The highest BCUT2D eigenvalue weighted by Gasteiger charge is 2.55. The Morgan fingerprint density at radius 3 is 1.92 bits per heavy atom. The molecule has 1 aromatic carbocycles. The predicted molar refractivity (Wildman–Crippen MR) is 94.4 cm³/mol. The fraction of sp³-hybridized carbons (Fsp3) is 0.579. The van der Waals surface area contributed by atoms with Crippen LogP contribution in [0.25, 0.3) is 0 Å². The van der Waals surface area contributed by atoms with Crippen molar-refractivity contribution in [1.29, 1.82) is 0 Å². The molecule has 0 N–H and O–H groups in total. The summed E-state index contributed by atoms with van der Waals surface area (Å²) in [5, 5.41) is 0. The number of carbonyl (C=O) groups is 2. The van der Waals surface area contributed by atoms with E-state index in [0.29, 0.717) is 52.6 Å². The van der Waals surface area contributed by atoms with Crippen molar-refractivity contribution >= 4 is 11.8 Å². The first-order chi connectivity index (χ1) is 12.7. The molecule has 26 heavy (non-hydrogen) atoms. The zero-order chi connectivity index (χ0) is 18.4. The van der Waals surface area contributed by atoms with E-state index in [4.69, 9.17) is 14.2 Å². The minimum Gasteiger partial charge on any atom is -0.458 e. The molecule has 7 nitrogen and oxygen atoms in total. The molecule has 7 heteroatoms. The van der Waals surface area contributed by atoms with E-state index in [9.17, 15) is 9.59 Å². The standard InChI is InChI=1S/C19H26N2O5/c1-16(22)19(20-7-11-24-12-8-20,21-9-13-25-14-10-21)18(23)26-15-17-5-3-2-4-6-17/h2-6H,7-15H2,1H3. The van der Waals surface area contributed by atoms with Gasteiger partial charge in [0.1, 0.15) is 6.61 Å². The van der Waals surface area contributed by atoms with Crippen LogP contribution in [-0.4, -0.2) is 79.8 Å². The molecule has 0 amide bonds. The lowest BCUT2D eigenvalue weighted by atomic mass is 9.99. The SMILES string of the molecule is CC(=O)C(C(=O)OCc1ccccc1)(N1CCOCC1)N1CCOCC1. The Hall–Kier alpha value is -1.80. The Labute approximate surface area is 153 Å². The van der Waals surface area contributed by atoms with E-state index in [0.717, 1.165) is 5.56 Å². The summed E-state index contributed by atoms with van der Waals surface area (Å²) < 4.78 is 16.5. The van der Waals surface area contributed by atoms with Crippen LogP contribution < -0.4 is 0 Å². The number of benzene rings is 1. The first kappa shape index (κ1) is 19.0. The lowest BCUT2D eigenvalue weighted by Gasteiger charge is -2.49. The molecule has 2 fully saturated rings. The summed E-state index contributed by atoms with van der Waals surface area (Å²) in [5.74, 6) is -0.739. The van der Waals surface area contributed by atoms with Crippen LogP contribution in [0, 0.1) is 0 Å². The second kappa shape index (κ2) is 8.73. The highest BCUT2D eigenvalue weighted by Crippen LogP contribution is 2.27. The summed E-state index contributed by atoms with van der Waals surface area (Å²) in [5.41, 5.74) is -0.523. The maximum absolute atomic E-state index is 13.3. The molecule has 3 rings (SSSR count). The lowest BCUT2D eigenvalue weighted by Crippen LogP contribution is -2.73. The van der Waals surface area contributed by atoms with Gasteiger partial charge >= 0.3 is 5.97 Å². The van der Waals surface area contributed by atoms with Gasteiger partial charge in [-0.25, -0.2) is 4.79 Å². The van der Waals surface area contributed by atoms with Gasteiger partial charge in [0.25, 0.3) is 0 Å². The molecule has 0 atom stereocenters. The number of Topliss-reactive ketones (excluding diaryl/α,β-unsaturated/α-hetero) is 1. The fourth-order valence-corrected chi connectivity index (χ4v) is 3.64. The van der Waals surface area contributed by atoms with Crippen LogP contribution in [0.1, 0.15) is 12.5 Å². The average Bonchev–Trinajstić information content (AvgIpc) is 2.69. The monoisotopic (exact) mass is 362 g/mol. The molecule has 0 spiro atoms. The minimum absolute atomic E-state index is 0.142. The smallest absolute Gasteiger partial charge is 0.350 e. The van der Waals surface area contributed by atoms with E-state index < -0.39 is 11.6 Å². The van der Waals surface area contributed by atoms with Crippen LogP contribution in [0.4, 0.5) is 0 Å². The van der Waals surface area contributed by atoms with E-state index in [-0.39, 0.29) is 12.4 Å². The Morgan fingerprint density at radius 1 is 0.962 bits per heavy atom. The van der Waals surface area contributed by atoms with Gasteiger partial charge < -0.3 is 14.2 Å². The van der Waals surface area contributed by atoms with Crippen molar-refractivity contribution < 1.29 is 23.8 Å². The summed E-state index contributed by atoms with van der Waals surface area (Å²) >= 11 is 0. The molecule has 1 aromatic rings. The van der Waals surface area contributed by atoms with E-state index in [1.807, 2.05) is 40.1 Å². The zero-order valence-electron chi connectivity index (χ0n) is 15.2. The van der Waals surface area contributed by atoms with Crippen LogP contribution in [0.15, 0.2) is 30.3 Å². The Balaban J connectivity index is 1.86. The largest absolute Gasteiger partial charge is 0.458 e. The lowest BCUT2D eigenvalue weighted by molar-refractivity contribution is -0.190. The Morgan fingerprint density at radius 2 is 1.46 bits per heavy atom. The molecule has 142 valence electrons. The molecule has 0 aliphatic carbocycles. The normalized spacial score (nSPS) is 19.9. The van der Waals surface area contributed by atoms with Gasteiger partial charge in [0.2, 0.25) is 5.66 Å². The molecule has 0 saturated carbocycles. The fourth-order valence-electron chi connectivity index (χ4n) is 3.64. The van der Waals surface area contributed by atoms with Gasteiger partial charge in [0.05, 0.1) is 26.4 Å². The average molecular weight is 362 g/mol. The van der Waals surface area contributed by atoms with E-state index in [1.165, 1.54) is 6.92 Å². The molecule has 0 bridgehead atoms. The number of ether oxygens (including phenoxy) is 3. The molecule has 2 aliphatic heterocycles. The molecular weight excluding hydrogens is 336 g/mol. The summed E-state index contributed by atoms with van der Waals surface area (Å²) in [6, 6.07) is 9.49. The maximum Gasteiger partial charge on any atom is 0.350 e. The van der Waals surface area contributed by atoms with Crippen molar-refractivity contribution in [2.24, 2.45) is 0 Å². The second-order valence-corrected chi connectivity index (χ2v) is 6.49. The number of hydrogen-bond donors (Lipinski definition) is 0. The van der Waals surface area contributed by atoms with Crippen LogP contribution >= 0.6 is 0 Å². The summed E-state index contributed by atoms with van der Waals surface area (Å²) in [6.07, 6.45) is 0. The quantitative estimate of drug-likeness (QED) is 0.544. The summed E-state index contributed by atoms with van der Waals surface area (Å²) in [4.78, 5) is 29.9. The molecule has 2 heterocycles. The van der Waals surface area contributed by atoms with Crippen molar-refractivity contribution in [2.45, 2.75) is 19.2 Å². The van der Waals surface area contributed by atoms with Gasteiger partial charge in [-0.2, -0.15) is 0 Å². The van der Waals surface area contributed by atoms with Crippen molar-refractivity contribution in [3.05, 3.63) is 35.9 Å². The van der Waals surface area contributed by atoms with Crippen LogP contribution in [0.5, 0.6) is 0 Å². The Kier molecular flexibility index (Phi) is 6.37.